The Balaban J connectivity index is 2.56. The van der Waals surface area contributed by atoms with E-state index in [-0.39, 0.29) is 18.7 Å². The number of carbonyl (C=O) groups is 3. The maximum Gasteiger partial charge on any atom is 0.326 e. The van der Waals surface area contributed by atoms with E-state index in [2.05, 4.69) is 10.6 Å². The molecule has 0 aliphatic rings. The molecule has 0 radical (unpaired) electrons. The molecule has 1 aromatic rings. The number of nitrogens with one attached hydrogen (secondary N) is 2. The number of rotatable bonds is 6. The third-order valence-electron chi connectivity index (χ3n) is 3.20. The second-order valence-electron chi connectivity index (χ2n) is 6.22. The second-order valence-corrected chi connectivity index (χ2v) is 6.66. The molecule has 1 unspecified atom stereocenters. The minimum Gasteiger partial charge on any atom is -0.480 e. The number of hydrogen-bond acceptors (Lipinski definition) is 3. The molecule has 0 saturated heterocycles. The van der Waals surface area contributed by atoms with Crippen LogP contribution in [0.1, 0.15) is 32.8 Å². The minimum atomic E-state index is -1.26. The summed E-state index contributed by atoms with van der Waals surface area (Å²) in [6, 6.07) is 4.98. The Hall–Kier alpha value is -2.08. The van der Waals surface area contributed by atoms with Crippen LogP contribution in [0.2, 0.25) is 5.02 Å². The van der Waals surface area contributed by atoms with Gasteiger partial charge in [-0.25, -0.2) is 9.59 Å². The van der Waals surface area contributed by atoms with Crippen molar-refractivity contribution in [3.63, 3.8) is 0 Å². The van der Waals surface area contributed by atoms with Gasteiger partial charge in [-0.2, -0.15) is 0 Å². The van der Waals surface area contributed by atoms with Gasteiger partial charge in [-0.15, -0.1) is 0 Å². The third-order valence-corrected chi connectivity index (χ3v) is 3.45. The van der Waals surface area contributed by atoms with E-state index in [1.807, 2.05) is 0 Å². The highest BCUT2D eigenvalue weighted by molar-refractivity contribution is 6.30. The first kappa shape index (κ1) is 19.0. The normalized spacial score (nSPS) is 12.3. The van der Waals surface area contributed by atoms with Gasteiger partial charge >= 0.3 is 12.0 Å². The first-order valence-electron chi connectivity index (χ1n) is 7.14. The molecule has 0 aromatic heterocycles. The van der Waals surface area contributed by atoms with Gasteiger partial charge in [-0.1, -0.05) is 44.5 Å². The smallest absolute Gasteiger partial charge is 0.326 e. The Morgan fingerprint density at radius 3 is 2.22 bits per heavy atom. The molecule has 0 aliphatic heterocycles. The molecule has 0 saturated carbocycles. The molecule has 0 fully saturated rings. The number of benzene rings is 1. The van der Waals surface area contributed by atoms with E-state index in [1.165, 1.54) is 0 Å². The molecular weight excluding hydrogens is 320 g/mol. The Kier molecular flexibility index (Phi) is 6.57. The zero-order valence-corrected chi connectivity index (χ0v) is 14.1. The van der Waals surface area contributed by atoms with Crippen LogP contribution in [0.25, 0.3) is 0 Å². The molecule has 0 aliphatic carbocycles. The SMILES string of the molecule is CC(C)(C)C(=O)CC(NC(=O)NCc1ccc(Cl)cc1)C(=O)O. The highest BCUT2D eigenvalue weighted by Crippen LogP contribution is 2.17. The van der Waals surface area contributed by atoms with E-state index in [1.54, 1.807) is 45.0 Å². The lowest BCUT2D eigenvalue weighted by molar-refractivity contribution is -0.142. The van der Waals surface area contributed by atoms with Crippen molar-refractivity contribution < 1.29 is 19.5 Å². The quantitative estimate of drug-likeness (QED) is 0.741. The largest absolute Gasteiger partial charge is 0.480 e. The lowest BCUT2D eigenvalue weighted by Crippen LogP contribution is -2.47. The molecule has 23 heavy (non-hydrogen) atoms. The zero-order valence-electron chi connectivity index (χ0n) is 13.4. The number of carboxylic acids is 1. The predicted molar refractivity (Wildman–Crippen MR) is 87.3 cm³/mol. The maximum absolute atomic E-state index is 11.9. The highest BCUT2D eigenvalue weighted by atomic mass is 35.5. The monoisotopic (exact) mass is 340 g/mol. The number of hydrogen-bond donors (Lipinski definition) is 3. The van der Waals surface area contributed by atoms with Gasteiger partial charge in [0.1, 0.15) is 11.8 Å². The van der Waals surface area contributed by atoms with Gasteiger partial charge in [0.05, 0.1) is 0 Å². The molecule has 1 atom stereocenters. The molecule has 0 bridgehead atoms. The lowest BCUT2D eigenvalue weighted by atomic mass is 9.87. The number of Topliss-reactive ketones (excluding diaryl/α,β-unsaturated/α-hetero) is 1. The molecule has 0 spiro atoms. The summed E-state index contributed by atoms with van der Waals surface area (Å²) < 4.78 is 0. The summed E-state index contributed by atoms with van der Waals surface area (Å²) >= 11 is 5.77. The third kappa shape index (κ3) is 6.69. The van der Waals surface area contributed by atoms with E-state index >= 15 is 0 Å². The first-order chi connectivity index (χ1) is 10.6. The molecule has 126 valence electrons. The van der Waals surface area contributed by atoms with E-state index in [0.29, 0.717) is 5.02 Å². The second kappa shape index (κ2) is 7.97. The topological polar surface area (TPSA) is 95.5 Å². The van der Waals surface area contributed by atoms with Gasteiger partial charge in [-0.3, -0.25) is 4.79 Å². The molecular formula is C16H21ClN2O4. The molecule has 1 aromatic carbocycles. The van der Waals surface area contributed by atoms with Crippen molar-refractivity contribution >= 4 is 29.4 Å². The fourth-order valence-corrected chi connectivity index (χ4v) is 1.81. The molecule has 7 heteroatoms. The zero-order chi connectivity index (χ0) is 17.6. The van der Waals surface area contributed by atoms with Gasteiger partial charge in [0.15, 0.2) is 0 Å². The number of amides is 2. The Labute approximate surface area is 140 Å². The average molecular weight is 341 g/mol. The molecule has 1 rings (SSSR count). The fourth-order valence-electron chi connectivity index (χ4n) is 1.69. The van der Waals surface area contributed by atoms with Crippen LogP contribution in [0.5, 0.6) is 0 Å². The van der Waals surface area contributed by atoms with Crippen molar-refractivity contribution in [1.82, 2.24) is 10.6 Å². The van der Waals surface area contributed by atoms with E-state index < -0.39 is 23.5 Å². The molecule has 2 amide bonds. The van der Waals surface area contributed by atoms with Crippen LogP contribution in [-0.2, 0) is 16.1 Å². The predicted octanol–water partition coefficient (Wildman–Crippen LogP) is 2.60. The summed E-state index contributed by atoms with van der Waals surface area (Å²) in [5, 5.41) is 14.6. The van der Waals surface area contributed by atoms with Gasteiger partial charge in [-0.05, 0) is 17.7 Å². The van der Waals surface area contributed by atoms with Crippen LogP contribution in [-0.4, -0.2) is 28.9 Å². The fraction of sp³-hybridized carbons (Fsp3) is 0.438. The Morgan fingerprint density at radius 2 is 1.74 bits per heavy atom. The van der Waals surface area contributed by atoms with E-state index in [4.69, 9.17) is 16.7 Å². The Bertz CT molecular complexity index is 579. The van der Waals surface area contributed by atoms with Crippen molar-refractivity contribution in [2.75, 3.05) is 0 Å². The highest BCUT2D eigenvalue weighted by Gasteiger charge is 2.29. The number of urea groups is 1. The first-order valence-corrected chi connectivity index (χ1v) is 7.52. The number of carbonyl (C=O) groups excluding carboxylic acids is 2. The van der Waals surface area contributed by atoms with Gasteiger partial charge in [0.2, 0.25) is 0 Å². The van der Waals surface area contributed by atoms with Crippen LogP contribution in [0.4, 0.5) is 4.79 Å². The van der Waals surface area contributed by atoms with Crippen molar-refractivity contribution in [1.29, 1.82) is 0 Å². The molecule has 6 nitrogen and oxygen atoms in total. The van der Waals surface area contributed by atoms with Crippen molar-refractivity contribution in [2.45, 2.75) is 39.8 Å². The van der Waals surface area contributed by atoms with Gasteiger partial charge < -0.3 is 15.7 Å². The summed E-state index contributed by atoms with van der Waals surface area (Å²) in [5.74, 6) is -1.48. The summed E-state index contributed by atoms with van der Waals surface area (Å²) in [7, 11) is 0. The van der Waals surface area contributed by atoms with Crippen LogP contribution >= 0.6 is 11.6 Å². The van der Waals surface area contributed by atoms with Crippen LogP contribution in [0, 0.1) is 5.41 Å². The van der Waals surface area contributed by atoms with Gasteiger partial charge in [0, 0.05) is 23.4 Å². The summed E-state index contributed by atoms with van der Waals surface area (Å²) in [5.41, 5.74) is 0.164. The van der Waals surface area contributed by atoms with E-state index in [0.717, 1.165) is 5.56 Å². The Morgan fingerprint density at radius 1 is 1.17 bits per heavy atom. The van der Waals surface area contributed by atoms with Crippen molar-refractivity contribution in [3.05, 3.63) is 34.9 Å². The number of ketones is 1. The van der Waals surface area contributed by atoms with Crippen LogP contribution < -0.4 is 10.6 Å². The summed E-state index contributed by atoms with van der Waals surface area (Å²) in [4.78, 5) is 34.9. The maximum atomic E-state index is 11.9. The average Bonchev–Trinajstić information content (AvgIpc) is 2.44. The summed E-state index contributed by atoms with van der Waals surface area (Å²) in [6.45, 7) is 5.33. The van der Waals surface area contributed by atoms with E-state index in [9.17, 15) is 14.4 Å². The number of aliphatic carboxylic acids is 1. The van der Waals surface area contributed by atoms with Crippen molar-refractivity contribution in [3.8, 4) is 0 Å². The number of carboxylic acid groups (broad SMARTS) is 1. The van der Waals surface area contributed by atoms with Crippen LogP contribution in [0.15, 0.2) is 24.3 Å². The van der Waals surface area contributed by atoms with Crippen LogP contribution in [0.3, 0.4) is 0 Å². The number of halogens is 1. The summed E-state index contributed by atoms with van der Waals surface area (Å²) in [6.07, 6.45) is -0.257. The van der Waals surface area contributed by atoms with Gasteiger partial charge in [0.25, 0.3) is 0 Å². The molecule has 0 heterocycles. The standard InChI is InChI=1S/C16H21ClN2O4/c1-16(2,3)13(20)8-12(14(21)22)19-15(23)18-9-10-4-6-11(17)7-5-10/h4-7,12H,8-9H2,1-3H3,(H,21,22)(H2,18,19,23). The lowest BCUT2D eigenvalue weighted by Gasteiger charge is -2.20. The minimum absolute atomic E-state index is 0.225. The molecule has 3 N–H and O–H groups in total. The van der Waals surface area contributed by atoms with Crippen molar-refractivity contribution in [2.24, 2.45) is 5.41 Å².